The number of ether oxygens (including phenoxy) is 1. The van der Waals surface area contributed by atoms with E-state index in [0.717, 1.165) is 28.5 Å². The predicted octanol–water partition coefficient (Wildman–Crippen LogP) is 3.73. The van der Waals surface area contributed by atoms with Crippen LogP contribution >= 0.6 is 11.8 Å². The number of thioether (sulfide) groups is 1. The normalized spacial score (nSPS) is 10.1. The number of nitrogen functional groups attached to an aromatic ring is 1. The first-order valence-corrected chi connectivity index (χ1v) is 6.47. The van der Waals surface area contributed by atoms with Gasteiger partial charge >= 0.3 is 0 Å². The fraction of sp³-hybridized carbons (Fsp3) is 0.385. The molecule has 2 nitrogen and oxygen atoms in total. The molecule has 0 aliphatic carbocycles. The lowest BCUT2D eigenvalue weighted by atomic mass is 10.3. The molecule has 0 saturated carbocycles. The summed E-state index contributed by atoms with van der Waals surface area (Å²) in [6.07, 6.45) is 1.01. The van der Waals surface area contributed by atoms with E-state index in [4.69, 9.17) is 10.5 Å². The van der Waals surface area contributed by atoms with Crippen molar-refractivity contribution in [2.45, 2.75) is 25.2 Å². The second kappa shape index (κ2) is 6.48. The molecule has 1 aromatic carbocycles. The van der Waals surface area contributed by atoms with Crippen LogP contribution in [-0.2, 0) is 0 Å². The zero-order valence-corrected chi connectivity index (χ0v) is 10.8. The Balaban J connectivity index is 2.70. The largest absolute Gasteiger partial charge is 0.494 e. The molecular formula is C13H19NOS. The molecule has 0 bridgehead atoms. The molecule has 0 amide bonds. The van der Waals surface area contributed by atoms with Crippen LogP contribution in [0.4, 0.5) is 5.69 Å². The van der Waals surface area contributed by atoms with Gasteiger partial charge in [-0.2, -0.15) is 0 Å². The van der Waals surface area contributed by atoms with Gasteiger partial charge < -0.3 is 10.5 Å². The molecule has 0 unspecified atom stereocenters. The molecule has 0 atom stereocenters. The second-order valence-electron chi connectivity index (χ2n) is 3.52. The van der Waals surface area contributed by atoms with Crippen LogP contribution in [0.25, 0.3) is 0 Å². The summed E-state index contributed by atoms with van der Waals surface area (Å²) in [5.41, 5.74) is 7.94. The van der Waals surface area contributed by atoms with Gasteiger partial charge in [0.1, 0.15) is 5.75 Å². The number of benzene rings is 1. The zero-order valence-electron chi connectivity index (χ0n) is 9.95. The number of hydrogen-bond donors (Lipinski definition) is 1. The molecule has 1 rings (SSSR count). The van der Waals surface area contributed by atoms with Crippen molar-refractivity contribution in [3.8, 4) is 5.75 Å². The van der Waals surface area contributed by atoms with E-state index >= 15 is 0 Å². The van der Waals surface area contributed by atoms with Crippen LogP contribution in [0, 0.1) is 0 Å². The van der Waals surface area contributed by atoms with E-state index in [2.05, 4.69) is 13.5 Å². The van der Waals surface area contributed by atoms with Crippen LogP contribution in [-0.4, -0.2) is 12.4 Å². The van der Waals surface area contributed by atoms with Crippen LogP contribution in [0.2, 0.25) is 0 Å². The van der Waals surface area contributed by atoms with Gasteiger partial charge in [-0.05, 0) is 31.5 Å². The molecule has 0 saturated heterocycles. The van der Waals surface area contributed by atoms with E-state index in [1.807, 2.05) is 25.1 Å². The molecule has 2 N–H and O–H groups in total. The Morgan fingerprint density at radius 1 is 1.44 bits per heavy atom. The summed E-state index contributed by atoms with van der Waals surface area (Å²) in [6, 6.07) is 5.78. The molecule has 0 heterocycles. The Morgan fingerprint density at radius 2 is 2.19 bits per heavy atom. The van der Waals surface area contributed by atoms with E-state index in [9.17, 15) is 0 Å². The predicted molar refractivity (Wildman–Crippen MR) is 72.2 cm³/mol. The Hall–Kier alpha value is -1.09. The molecular weight excluding hydrogens is 218 g/mol. The van der Waals surface area contributed by atoms with Crippen molar-refractivity contribution in [2.24, 2.45) is 0 Å². The lowest BCUT2D eigenvalue weighted by molar-refractivity contribution is 0.339. The monoisotopic (exact) mass is 237 g/mol. The molecule has 88 valence electrons. The van der Waals surface area contributed by atoms with Crippen molar-refractivity contribution in [3.63, 3.8) is 0 Å². The molecule has 0 aliphatic rings. The summed E-state index contributed by atoms with van der Waals surface area (Å²) in [5, 5.41) is 0. The summed E-state index contributed by atoms with van der Waals surface area (Å²) in [7, 11) is 0. The number of nitrogens with two attached hydrogens (primary N) is 1. The summed E-state index contributed by atoms with van der Waals surface area (Å²) in [6.45, 7) is 8.75. The number of hydrogen-bond acceptors (Lipinski definition) is 3. The van der Waals surface area contributed by atoms with Gasteiger partial charge in [0, 0.05) is 16.3 Å². The van der Waals surface area contributed by atoms with Crippen molar-refractivity contribution in [1.82, 2.24) is 0 Å². The zero-order chi connectivity index (χ0) is 12.0. The molecule has 0 spiro atoms. The van der Waals surface area contributed by atoms with Crippen molar-refractivity contribution in [2.75, 3.05) is 18.1 Å². The smallest absolute Gasteiger partial charge is 0.120 e. The van der Waals surface area contributed by atoms with E-state index in [1.165, 1.54) is 5.57 Å². The fourth-order valence-electron chi connectivity index (χ4n) is 1.18. The van der Waals surface area contributed by atoms with Gasteiger partial charge in [-0.3, -0.25) is 0 Å². The first-order valence-electron chi connectivity index (χ1n) is 5.49. The maximum atomic E-state index is 5.91. The van der Waals surface area contributed by atoms with Crippen molar-refractivity contribution < 1.29 is 4.74 Å². The Morgan fingerprint density at radius 3 is 2.81 bits per heavy atom. The van der Waals surface area contributed by atoms with Crippen molar-refractivity contribution >= 4 is 17.4 Å². The quantitative estimate of drug-likeness (QED) is 0.465. The molecule has 0 aromatic heterocycles. The highest BCUT2D eigenvalue weighted by Crippen LogP contribution is 2.30. The lowest BCUT2D eigenvalue weighted by Crippen LogP contribution is -1.95. The SMILES string of the molecule is C=C(CC)CSc1cc(OCC)ccc1N. The molecule has 0 fully saturated rings. The number of rotatable bonds is 6. The summed E-state index contributed by atoms with van der Waals surface area (Å²) in [5.74, 6) is 1.79. The minimum absolute atomic E-state index is 0.676. The van der Waals surface area contributed by atoms with Crippen molar-refractivity contribution in [1.29, 1.82) is 0 Å². The molecule has 0 radical (unpaired) electrons. The van der Waals surface area contributed by atoms with E-state index in [1.54, 1.807) is 11.8 Å². The van der Waals surface area contributed by atoms with Gasteiger partial charge in [-0.1, -0.05) is 19.1 Å². The number of anilines is 1. The Kier molecular flexibility index (Phi) is 5.26. The highest BCUT2D eigenvalue weighted by molar-refractivity contribution is 7.99. The standard InChI is InChI=1S/C13H19NOS/c1-4-10(3)9-16-13-8-11(15-5-2)6-7-12(13)14/h6-8H,3-5,9,14H2,1-2H3. The highest BCUT2D eigenvalue weighted by Gasteiger charge is 2.03. The van der Waals surface area contributed by atoms with Gasteiger partial charge in [-0.15, -0.1) is 11.8 Å². The van der Waals surface area contributed by atoms with Crippen LogP contribution in [0.1, 0.15) is 20.3 Å². The van der Waals surface area contributed by atoms with Gasteiger partial charge in [0.05, 0.1) is 6.61 Å². The fourth-order valence-corrected chi connectivity index (χ4v) is 2.18. The minimum Gasteiger partial charge on any atom is -0.494 e. The molecule has 1 aromatic rings. The third kappa shape index (κ3) is 3.81. The summed E-state index contributed by atoms with van der Waals surface area (Å²) < 4.78 is 5.44. The molecule has 0 aliphatic heterocycles. The van der Waals surface area contributed by atoms with E-state index < -0.39 is 0 Å². The Labute approximate surface area is 102 Å². The third-order valence-corrected chi connectivity index (χ3v) is 3.44. The van der Waals surface area contributed by atoms with E-state index in [-0.39, 0.29) is 0 Å². The van der Waals surface area contributed by atoms with Gasteiger partial charge in [0.2, 0.25) is 0 Å². The topological polar surface area (TPSA) is 35.2 Å². The van der Waals surface area contributed by atoms with Crippen LogP contribution in [0.15, 0.2) is 35.2 Å². The van der Waals surface area contributed by atoms with Crippen LogP contribution in [0.5, 0.6) is 5.75 Å². The first-order chi connectivity index (χ1) is 7.67. The highest BCUT2D eigenvalue weighted by atomic mass is 32.2. The molecule has 3 heteroatoms. The lowest BCUT2D eigenvalue weighted by Gasteiger charge is -2.09. The average Bonchev–Trinajstić information content (AvgIpc) is 2.29. The van der Waals surface area contributed by atoms with E-state index in [0.29, 0.717) is 6.61 Å². The summed E-state index contributed by atoms with van der Waals surface area (Å²) >= 11 is 1.72. The van der Waals surface area contributed by atoms with Gasteiger partial charge in [-0.25, -0.2) is 0 Å². The maximum absolute atomic E-state index is 5.91. The third-order valence-electron chi connectivity index (χ3n) is 2.23. The second-order valence-corrected chi connectivity index (χ2v) is 4.54. The van der Waals surface area contributed by atoms with Gasteiger partial charge in [0.25, 0.3) is 0 Å². The van der Waals surface area contributed by atoms with Crippen LogP contribution in [0.3, 0.4) is 0 Å². The Bertz CT molecular complexity index is 363. The van der Waals surface area contributed by atoms with Crippen LogP contribution < -0.4 is 10.5 Å². The van der Waals surface area contributed by atoms with Gasteiger partial charge in [0.15, 0.2) is 0 Å². The average molecular weight is 237 g/mol. The molecule has 16 heavy (non-hydrogen) atoms. The maximum Gasteiger partial charge on any atom is 0.120 e. The minimum atomic E-state index is 0.676. The van der Waals surface area contributed by atoms with Crippen molar-refractivity contribution in [3.05, 3.63) is 30.4 Å². The summed E-state index contributed by atoms with van der Waals surface area (Å²) in [4.78, 5) is 1.07. The first kappa shape index (κ1) is 13.0.